The van der Waals surface area contributed by atoms with Gasteiger partial charge in [0.15, 0.2) is 0 Å². The minimum atomic E-state index is 0.0994. The third kappa shape index (κ3) is 2.27. The van der Waals surface area contributed by atoms with Gasteiger partial charge in [0.2, 0.25) is 5.52 Å². The highest BCUT2D eigenvalue weighted by Crippen LogP contribution is 2.30. The van der Waals surface area contributed by atoms with Crippen LogP contribution in [0, 0.1) is 0 Å². The van der Waals surface area contributed by atoms with Crippen LogP contribution in [0.4, 0.5) is 0 Å². The van der Waals surface area contributed by atoms with E-state index in [0.717, 1.165) is 16.7 Å². The summed E-state index contributed by atoms with van der Waals surface area (Å²) in [4.78, 5) is 5.86. The maximum Gasteiger partial charge on any atom is 0.290 e. The van der Waals surface area contributed by atoms with Crippen LogP contribution in [-0.4, -0.2) is 11.1 Å². The van der Waals surface area contributed by atoms with Crippen molar-refractivity contribution in [3.05, 3.63) is 41.8 Å². The van der Waals surface area contributed by atoms with Crippen LogP contribution in [0.25, 0.3) is 21.6 Å². The van der Waals surface area contributed by atoms with Gasteiger partial charge in [-0.15, -0.1) is 11.3 Å². The van der Waals surface area contributed by atoms with E-state index >= 15 is 0 Å². The van der Waals surface area contributed by atoms with E-state index in [1.165, 1.54) is 4.88 Å². The van der Waals surface area contributed by atoms with Crippen molar-refractivity contribution in [2.45, 2.75) is 20.0 Å². The Morgan fingerprint density at radius 3 is 2.65 bits per heavy atom. The number of aromatic nitrogens is 2. The molecule has 0 spiro atoms. The molecule has 2 aromatic heterocycles. The number of nitrogens with zero attached hydrogens (tertiary/aromatic N) is 2. The number of ether oxygens (including phenoxy) is 1. The molecule has 102 valence electrons. The van der Waals surface area contributed by atoms with Crippen molar-refractivity contribution in [3.63, 3.8) is 0 Å². The molecular formula is C16H17N2OS+. The van der Waals surface area contributed by atoms with Crippen LogP contribution in [0.5, 0.6) is 5.88 Å². The molecule has 0 unspecified atom stereocenters. The number of thiophene rings is 1. The predicted octanol–water partition coefficient (Wildman–Crippen LogP) is 3.58. The van der Waals surface area contributed by atoms with E-state index in [9.17, 15) is 0 Å². The van der Waals surface area contributed by atoms with Crippen molar-refractivity contribution in [1.29, 1.82) is 0 Å². The van der Waals surface area contributed by atoms with Crippen LogP contribution in [0.1, 0.15) is 13.8 Å². The zero-order valence-corrected chi connectivity index (χ0v) is 12.6. The molecule has 0 radical (unpaired) electrons. The highest BCUT2D eigenvalue weighted by atomic mass is 32.1. The van der Waals surface area contributed by atoms with E-state index in [2.05, 4.69) is 29.1 Å². The van der Waals surface area contributed by atoms with Crippen LogP contribution in [-0.2, 0) is 7.05 Å². The number of benzene rings is 1. The van der Waals surface area contributed by atoms with Gasteiger partial charge in [0, 0.05) is 6.07 Å². The lowest BCUT2D eigenvalue weighted by molar-refractivity contribution is -0.634. The average Bonchev–Trinajstić information content (AvgIpc) is 2.92. The van der Waals surface area contributed by atoms with Gasteiger partial charge in [-0.25, -0.2) is 4.98 Å². The highest BCUT2D eigenvalue weighted by Gasteiger charge is 2.24. The molecule has 20 heavy (non-hydrogen) atoms. The normalized spacial score (nSPS) is 11.2. The van der Waals surface area contributed by atoms with Crippen LogP contribution < -0.4 is 9.30 Å². The second-order valence-corrected chi connectivity index (χ2v) is 5.90. The van der Waals surface area contributed by atoms with Crippen molar-refractivity contribution < 1.29 is 9.30 Å². The van der Waals surface area contributed by atoms with Crippen LogP contribution >= 0.6 is 11.3 Å². The van der Waals surface area contributed by atoms with Gasteiger partial charge in [-0.3, -0.25) is 0 Å². The fourth-order valence-corrected chi connectivity index (χ4v) is 3.05. The summed E-state index contributed by atoms with van der Waals surface area (Å²) in [5.41, 5.74) is 3.09. The fraction of sp³-hybridized carbons (Fsp3) is 0.250. The summed E-state index contributed by atoms with van der Waals surface area (Å²) in [7, 11) is 2.06. The third-order valence-corrected chi connectivity index (χ3v) is 3.98. The summed E-state index contributed by atoms with van der Waals surface area (Å²) in [5, 5.41) is 2.07. The molecule has 3 nitrogen and oxygen atoms in total. The molecule has 0 bridgehead atoms. The zero-order chi connectivity index (χ0) is 14.1. The summed E-state index contributed by atoms with van der Waals surface area (Å²) < 4.78 is 8.09. The Kier molecular flexibility index (Phi) is 3.40. The quantitative estimate of drug-likeness (QED) is 0.688. The lowest BCUT2D eigenvalue weighted by Crippen LogP contribution is -2.33. The van der Waals surface area contributed by atoms with Crippen LogP contribution in [0.3, 0.4) is 0 Å². The number of fused-ring (bicyclic) bond motifs is 1. The van der Waals surface area contributed by atoms with Crippen molar-refractivity contribution in [2.75, 3.05) is 0 Å². The highest BCUT2D eigenvalue weighted by molar-refractivity contribution is 7.13. The summed E-state index contributed by atoms with van der Waals surface area (Å²) in [5.74, 6) is 0.698. The summed E-state index contributed by atoms with van der Waals surface area (Å²) >= 11 is 1.70. The van der Waals surface area contributed by atoms with Crippen molar-refractivity contribution >= 4 is 22.4 Å². The first-order valence-corrected chi connectivity index (χ1v) is 7.54. The number of rotatable bonds is 3. The van der Waals surface area contributed by atoms with Gasteiger partial charge in [0.05, 0.1) is 6.10 Å². The van der Waals surface area contributed by atoms with E-state index in [-0.39, 0.29) is 6.10 Å². The molecule has 0 atom stereocenters. The standard InChI is InChI=1S/C16H17N2OS/c1-11(2)19-16-15(14-9-6-10-20-14)18(3)13-8-5-4-7-12(13)17-16/h4-11H,1-3H3/q+1. The number of para-hydroxylation sites is 2. The van der Waals surface area contributed by atoms with Gasteiger partial charge in [0.1, 0.15) is 17.4 Å². The molecule has 0 aliphatic heterocycles. The molecule has 0 amide bonds. The van der Waals surface area contributed by atoms with Gasteiger partial charge in [-0.2, -0.15) is 4.57 Å². The van der Waals surface area contributed by atoms with Gasteiger partial charge < -0.3 is 4.74 Å². The molecule has 0 saturated carbocycles. The summed E-state index contributed by atoms with van der Waals surface area (Å²) in [6.45, 7) is 4.05. The fourth-order valence-electron chi connectivity index (χ4n) is 2.26. The van der Waals surface area contributed by atoms with Crippen LogP contribution in [0.15, 0.2) is 41.8 Å². The first-order chi connectivity index (χ1) is 9.66. The third-order valence-electron chi connectivity index (χ3n) is 3.10. The number of hydrogen-bond acceptors (Lipinski definition) is 3. The van der Waals surface area contributed by atoms with E-state index in [1.807, 2.05) is 38.1 Å². The van der Waals surface area contributed by atoms with Gasteiger partial charge in [0.25, 0.3) is 11.6 Å². The first kappa shape index (κ1) is 13.1. The van der Waals surface area contributed by atoms with E-state index in [4.69, 9.17) is 9.72 Å². The summed E-state index contributed by atoms with van der Waals surface area (Å²) in [6, 6.07) is 12.3. The molecule has 2 heterocycles. The largest absolute Gasteiger partial charge is 0.470 e. The minimum absolute atomic E-state index is 0.0994. The lowest BCUT2D eigenvalue weighted by Gasteiger charge is -2.11. The minimum Gasteiger partial charge on any atom is -0.470 e. The SMILES string of the molecule is CC(C)Oc1nc2ccccc2[n+](C)c1-c1cccs1. The Hall–Kier alpha value is -1.94. The van der Waals surface area contributed by atoms with Crippen molar-refractivity contribution in [2.24, 2.45) is 7.05 Å². The molecule has 3 aromatic rings. The Morgan fingerprint density at radius 1 is 1.15 bits per heavy atom. The van der Waals surface area contributed by atoms with Gasteiger partial charge in [-0.1, -0.05) is 18.2 Å². The molecule has 3 rings (SSSR count). The molecule has 1 aromatic carbocycles. The molecule has 4 heteroatoms. The summed E-state index contributed by atoms with van der Waals surface area (Å²) in [6.07, 6.45) is 0.0994. The smallest absolute Gasteiger partial charge is 0.290 e. The average molecular weight is 285 g/mol. The molecule has 0 N–H and O–H groups in total. The second-order valence-electron chi connectivity index (χ2n) is 4.96. The number of hydrogen-bond donors (Lipinski definition) is 0. The Bertz CT molecular complexity index is 736. The second kappa shape index (κ2) is 5.21. The Balaban J connectivity index is 2.31. The Labute approximate surface area is 122 Å². The maximum absolute atomic E-state index is 5.93. The van der Waals surface area contributed by atoms with Crippen molar-refractivity contribution in [3.8, 4) is 16.5 Å². The molecule has 0 aliphatic rings. The van der Waals surface area contributed by atoms with Gasteiger partial charge >= 0.3 is 0 Å². The van der Waals surface area contributed by atoms with E-state index < -0.39 is 0 Å². The van der Waals surface area contributed by atoms with E-state index in [1.54, 1.807) is 11.3 Å². The van der Waals surface area contributed by atoms with Crippen LogP contribution in [0.2, 0.25) is 0 Å². The monoisotopic (exact) mass is 285 g/mol. The predicted molar refractivity (Wildman–Crippen MR) is 82.0 cm³/mol. The van der Waals surface area contributed by atoms with Gasteiger partial charge in [-0.05, 0) is 31.4 Å². The zero-order valence-electron chi connectivity index (χ0n) is 11.8. The molecule has 0 fully saturated rings. The van der Waals surface area contributed by atoms with Crippen molar-refractivity contribution in [1.82, 2.24) is 4.98 Å². The van der Waals surface area contributed by atoms with E-state index in [0.29, 0.717) is 5.88 Å². The molecular weight excluding hydrogens is 268 g/mol. The first-order valence-electron chi connectivity index (χ1n) is 6.66. The maximum atomic E-state index is 5.93. The lowest BCUT2D eigenvalue weighted by atomic mass is 10.2. The molecule has 0 aliphatic carbocycles. The molecule has 0 saturated heterocycles. The topological polar surface area (TPSA) is 26.0 Å². The number of aryl methyl sites for hydroxylation is 1. The Morgan fingerprint density at radius 2 is 1.95 bits per heavy atom.